The van der Waals surface area contributed by atoms with E-state index in [0.29, 0.717) is 16.8 Å². The maximum Gasteiger partial charge on any atom is 0.137 e. The number of benzene rings is 1. The molecule has 14 heavy (non-hydrogen) atoms. The second-order valence-corrected chi connectivity index (χ2v) is 3.91. The largest absolute Gasteiger partial charge is 0.506 e. The molecule has 4 heteroatoms. The molecule has 0 fully saturated rings. The van der Waals surface area contributed by atoms with Gasteiger partial charge in [0, 0.05) is 5.56 Å². The predicted molar refractivity (Wildman–Crippen MR) is 57.4 cm³/mol. The van der Waals surface area contributed by atoms with Gasteiger partial charge in [0.25, 0.3) is 0 Å². The van der Waals surface area contributed by atoms with Crippen LogP contribution < -0.4 is 0 Å². The summed E-state index contributed by atoms with van der Waals surface area (Å²) >= 11 is 5.93. The minimum atomic E-state index is 0.0303. The van der Waals surface area contributed by atoms with Crippen LogP contribution in [0.15, 0.2) is 11.2 Å². The molecule has 0 heterocycles. The molecule has 0 aliphatic carbocycles. The molecule has 0 aromatic heterocycles. The van der Waals surface area contributed by atoms with Crippen molar-refractivity contribution in [3.63, 3.8) is 0 Å². The maximum absolute atomic E-state index is 10.6. The lowest BCUT2D eigenvalue weighted by Gasteiger charge is -2.12. The SMILES string of the molecule is Cc1cc(N=O)c(C(C)C)c(Cl)c1O. The first-order chi connectivity index (χ1) is 6.49. The summed E-state index contributed by atoms with van der Waals surface area (Å²) < 4.78 is 0. The number of aryl methyl sites for hydroxylation is 1. The van der Waals surface area contributed by atoms with Gasteiger partial charge in [0.05, 0.1) is 5.02 Å². The number of phenols is 1. The van der Waals surface area contributed by atoms with Crippen molar-refractivity contribution in [2.45, 2.75) is 26.7 Å². The average Bonchev–Trinajstić information content (AvgIpc) is 2.12. The third-order valence-corrected chi connectivity index (χ3v) is 2.51. The zero-order chi connectivity index (χ0) is 10.9. The molecular weight excluding hydrogens is 202 g/mol. The Bertz CT molecular complexity index is 375. The lowest BCUT2D eigenvalue weighted by molar-refractivity contribution is 0.470. The Morgan fingerprint density at radius 2 is 2.07 bits per heavy atom. The van der Waals surface area contributed by atoms with E-state index in [0.717, 1.165) is 0 Å². The first-order valence-electron chi connectivity index (χ1n) is 4.34. The van der Waals surface area contributed by atoms with Crippen LogP contribution in [0.2, 0.25) is 5.02 Å². The smallest absolute Gasteiger partial charge is 0.137 e. The summed E-state index contributed by atoms with van der Waals surface area (Å²) in [4.78, 5) is 10.6. The van der Waals surface area contributed by atoms with Gasteiger partial charge in [0.1, 0.15) is 11.4 Å². The summed E-state index contributed by atoms with van der Waals surface area (Å²) in [7, 11) is 0. The zero-order valence-corrected chi connectivity index (χ0v) is 9.09. The van der Waals surface area contributed by atoms with Crippen LogP contribution in [0.25, 0.3) is 0 Å². The summed E-state index contributed by atoms with van der Waals surface area (Å²) in [6, 6.07) is 1.55. The van der Waals surface area contributed by atoms with Gasteiger partial charge >= 0.3 is 0 Å². The van der Waals surface area contributed by atoms with Gasteiger partial charge < -0.3 is 5.11 Å². The Labute approximate surface area is 87.7 Å². The van der Waals surface area contributed by atoms with E-state index in [9.17, 15) is 10.0 Å². The molecule has 0 aliphatic heterocycles. The molecule has 0 amide bonds. The highest BCUT2D eigenvalue weighted by atomic mass is 35.5. The van der Waals surface area contributed by atoms with E-state index in [1.54, 1.807) is 13.0 Å². The molecule has 0 saturated carbocycles. The Hall–Kier alpha value is -1.09. The molecule has 0 spiro atoms. The molecule has 1 aromatic carbocycles. The molecule has 3 nitrogen and oxygen atoms in total. The Kier molecular flexibility index (Phi) is 3.11. The number of nitroso groups, excluding NO2 is 1. The normalized spacial score (nSPS) is 10.6. The van der Waals surface area contributed by atoms with Crippen molar-refractivity contribution in [1.82, 2.24) is 0 Å². The van der Waals surface area contributed by atoms with E-state index >= 15 is 0 Å². The van der Waals surface area contributed by atoms with E-state index in [1.807, 2.05) is 13.8 Å². The Morgan fingerprint density at radius 3 is 2.50 bits per heavy atom. The van der Waals surface area contributed by atoms with Crippen molar-refractivity contribution in [2.75, 3.05) is 0 Å². The number of hydrogen-bond donors (Lipinski definition) is 1. The standard InChI is InChI=1S/C10H12ClNO2/c1-5(2)8-7(12-14)4-6(3)10(13)9(8)11/h4-5,13H,1-3H3. The van der Waals surface area contributed by atoms with Crippen molar-refractivity contribution in [3.8, 4) is 5.75 Å². The number of aromatic hydroxyl groups is 1. The summed E-state index contributed by atoms with van der Waals surface area (Å²) in [6.45, 7) is 5.47. The molecule has 0 bridgehead atoms. The lowest BCUT2D eigenvalue weighted by atomic mass is 9.99. The van der Waals surface area contributed by atoms with Crippen LogP contribution in [-0.2, 0) is 0 Å². The minimum absolute atomic E-state index is 0.0303. The summed E-state index contributed by atoms with van der Waals surface area (Å²) in [5.74, 6) is 0.0875. The average molecular weight is 214 g/mol. The van der Waals surface area contributed by atoms with Crippen molar-refractivity contribution in [2.24, 2.45) is 5.18 Å². The Morgan fingerprint density at radius 1 is 1.50 bits per heavy atom. The van der Waals surface area contributed by atoms with E-state index in [1.165, 1.54) is 0 Å². The molecule has 0 saturated heterocycles. The number of hydrogen-bond acceptors (Lipinski definition) is 3. The fourth-order valence-corrected chi connectivity index (χ4v) is 1.85. The summed E-state index contributed by atoms with van der Waals surface area (Å²) in [6.07, 6.45) is 0. The molecule has 1 N–H and O–H groups in total. The van der Waals surface area contributed by atoms with Crippen molar-refractivity contribution in [3.05, 3.63) is 27.1 Å². The molecular formula is C10H12ClNO2. The van der Waals surface area contributed by atoms with Crippen molar-refractivity contribution in [1.29, 1.82) is 0 Å². The zero-order valence-electron chi connectivity index (χ0n) is 8.34. The Balaban J connectivity index is 3.52. The highest BCUT2D eigenvalue weighted by Gasteiger charge is 2.17. The second-order valence-electron chi connectivity index (χ2n) is 3.53. The maximum atomic E-state index is 10.6. The quantitative estimate of drug-likeness (QED) is 0.758. The van der Waals surface area contributed by atoms with Gasteiger partial charge in [-0.2, -0.15) is 0 Å². The highest BCUT2D eigenvalue weighted by Crippen LogP contribution is 2.41. The highest BCUT2D eigenvalue weighted by molar-refractivity contribution is 6.33. The van der Waals surface area contributed by atoms with Gasteiger partial charge in [-0.1, -0.05) is 25.4 Å². The van der Waals surface area contributed by atoms with Gasteiger partial charge in [0.2, 0.25) is 0 Å². The third kappa shape index (κ3) is 1.73. The second kappa shape index (κ2) is 3.96. The van der Waals surface area contributed by atoms with Crippen LogP contribution in [0.5, 0.6) is 5.75 Å². The summed E-state index contributed by atoms with van der Waals surface area (Å²) in [5, 5.41) is 12.7. The number of nitrogens with zero attached hydrogens (tertiary/aromatic N) is 1. The van der Waals surface area contributed by atoms with Crippen LogP contribution in [0.4, 0.5) is 5.69 Å². The number of phenolic OH excluding ortho intramolecular Hbond substituents is 1. The first kappa shape index (κ1) is 11.0. The lowest BCUT2D eigenvalue weighted by Crippen LogP contribution is -1.92. The van der Waals surface area contributed by atoms with Crippen LogP contribution in [-0.4, -0.2) is 5.11 Å². The van der Waals surface area contributed by atoms with Crippen molar-refractivity contribution >= 4 is 17.3 Å². The van der Waals surface area contributed by atoms with E-state index in [2.05, 4.69) is 5.18 Å². The van der Waals surface area contributed by atoms with Gasteiger partial charge in [-0.15, -0.1) is 4.91 Å². The molecule has 0 unspecified atom stereocenters. The number of halogens is 1. The molecule has 0 radical (unpaired) electrons. The fourth-order valence-electron chi connectivity index (χ4n) is 1.39. The first-order valence-corrected chi connectivity index (χ1v) is 4.72. The van der Waals surface area contributed by atoms with Crippen molar-refractivity contribution < 1.29 is 5.11 Å². The van der Waals surface area contributed by atoms with Gasteiger partial charge in [-0.25, -0.2) is 0 Å². The molecule has 0 aliphatic rings. The van der Waals surface area contributed by atoms with Crippen LogP contribution in [0.3, 0.4) is 0 Å². The monoisotopic (exact) mass is 213 g/mol. The molecule has 0 atom stereocenters. The van der Waals surface area contributed by atoms with E-state index < -0.39 is 0 Å². The van der Waals surface area contributed by atoms with Gasteiger partial charge in [-0.3, -0.25) is 0 Å². The van der Waals surface area contributed by atoms with Gasteiger partial charge in [-0.05, 0) is 29.6 Å². The predicted octanol–water partition coefficient (Wildman–Crippen LogP) is 3.88. The minimum Gasteiger partial charge on any atom is -0.506 e. The van der Waals surface area contributed by atoms with Gasteiger partial charge in [0.15, 0.2) is 0 Å². The molecule has 1 aromatic rings. The number of rotatable bonds is 2. The third-order valence-electron chi connectivity index (χ3n) is 2.12. The van der Waals surface area contributed by atoms with Crippen LogP contribution in [0, 0.1) is 11.8 Å². The van der Waals surface area contributed by atoms with Crippen LogP contribution in [0.1, 0.15) is 30.9 Å². The van der Waals surface area contributed by atoms with E-state index in [4.69, 9.17) is 11.6 Å². The van der Waals surface area contributed by atoms with Crippen LogP contribution >= 0.6 is 11.6 Å². The topological polar surface area (TPSA) is 49.7 Å². The molecule has 1 rings (SSSR count). The van der Waals surface area contributed by atoms with E-state index in [-0.39, 0.29) is 16.7 Å². The summed E-state index contributed by atoms with van der Waals surface area (Å²) in [5.41, 5.74) is 1.47. The fraction of sp³-hybridized carbons (Fsp3) is 0.400. The molecule has 76 valence electrons.